The Labute approximate surface area is 200 Å². The van der Waals surface area contributed by atoms with E-state index in [2.05, 4.69) is 15.0 Å². The third kappa shape index (κ3) is 5.42. The van der Waals surface area contributed by atoms with Gasteiger partial charge >= 0.3 is 0 Å². The fourth-order valence-electron chi connectivity index (χ4n) is 3.62. The fraction of sp³-hybridized carbons (Fsp3) is 0.167. The van der Waals surface area contributed by atoms with E-state index in [1.165, 1.54) is 30.3 Å². The fourth-order valence-corrected chi connectivity index (χ4v) is 4.71. The molecule has 0 saturated heterocycles. The number of nitrogens with one attached hydrogen (secondary N) is 3. The maximum Gasteiger partial charge on any atom is 0.261 e. The van der Waals surface area contributed by atoms with Crippen LogP contribution in [0.1, 0.15) is 22.2 Å². The van der Waals surface area contributed by atoms with E-state index < -0.39 is 27.3 Å². The molecule has 2 aromatic heterocycles. The van der Waals surface area contributed by atoms with E-state index in [0.717, 1.165) is 18.2 Å². The number of rotatable bonds is 8. The summed E-state index contributed by atoms with van der Waals surface area (Å²) in [5.74, 6) is -0.381. The van der Waals surface area contributed by atoms with Crippen molar-refractivity contribution in [3.05, 3.63) is 94.4 Å². The summed E-state index contributed by atoms with van der Waals surface area (Å²) < 4.78 is 46.8. The number of pyridine rings is 1. The quantitative estimate of drug-likeness (QED) is 0.343. The molecular formula is C24H23FN4O5S. The Hall–Kier alpha value is -3.96. The van der Waals surface area contributed by atoms with Crippen molar-refractivity contribution in [1.82, 2.24) is 15.2 Å². The lowest BCUT2D eigenvalue weighted by atomic mass is 10.1. The molecule has 0 fully saturated rings. The van der Waals surface area contributed by atoms with E-state index in [4.69, 9.17) is 4.42 Å². The number of H-pyrrole nitrogens is 1. The predicted octanol–water partition coefficient (Wildman–Crippen LogP) is 3.09. The number of nitrogens with zero attached hydrogens (tertiary/aromatic N) is 1. The van der Waals surface area contributed by atoms with Gasteiger partial charge < -0.3 is 14.7 Å². The van der Waals surface area contributed by atoms with Crippen LogP contribution in [0.25, 0.3) is 10.9 Å². The standard InChI is InChI=1S/C24H23FN4O5S/c1-29(2)21(22-4-3-11-34-22)14-26-24(31)19-13-23(30)27-20-10-9-17(12-18(19)20)35(32,33)28-16-7-5-15(25)6-8-16/h3-13,21,28H,14H2,1-2H3,(H,26,31)(H,27,30)/t21-/m1/s1. The molecule has 35 heavy (non-hydrogen) atoms. The van der Waals surface area contributed by atoms with E-state index in [1.807, 2.05) is 19.0 Å². The number of aromatic amines is 1. The second-order valence-corrected chi connectivity index (χ2v) is 9.75. The number of benzene rings is 2. The molecule has 11 heteroatoms. The molecule has 0 aliphatic rings. The van der Waals surface area contributed by atoms with Crippen molar-refractivity contribution in [2.45, 2.75) is 10.9 Å². The van der Waals surface area contributed by atoms with Gasteiger partial charge in [-0.15, -0.1) is 0 Å². The Morgan fingerprint density at radius 3 is 2.51 bits per heavy atom. The first-order valence-corrected chi connectivity index (χ1v) is 12.1. The molecule has 1 amide bonds. The zero-order chi connectivity index (χ0) is 25.2. The molecule has 182 valence electrons. The van der Waals surface area contributed by atoms with Crippen molar-refractivity contribution in [3.63, 3.8) is 0 Å². The van der Waals surface area contributed by atoms with Crippen LogP contribution in [0.3, 0.4) is 0 Å². The molecule has 0 spiro atoms. The van der Waals surface area contributed by atoms with Gasteiger partial charge in [-0.1, -0.05) is 0 Å². The number of aromatic nitrogens is 1. The number of carbonyl (C=O) groups is 1. The minimum atomic E-state index is -4.05. The largest absolute Gasteiger partial charge is 0.468 e. The maximum atomic E-state index is 13.2. The summed E-state index contributed by atoms with van der Waals surface area (Å²) >= 11 is 0. The van der Waals surface area contributed by atoms with Crippen LogP contribution in [0.5, 0.6) is 0 Å². The number of anilines is 1. The minimum absolute atomic E-state index is 0.0273. The first-order valence-electron chi connectivity index (χ1n) is 10.6. The lowest BCUT2D eigenvalue weighted by Crippen LogP contribution is -2.34. The summed E-state index contributed by atoms with van der Waals surface area (Å²) in [6.45, 7) is 0.192. The maximum absolute atomic E-state index is 13.2. The van der Waals surface area contributed by atoms with Crippen LogP contribution in [0, 0.1) is 5.82 Å². The Balaban J connectivity index is 1.65. The molecule has 0 radical (unpaired) electrons. The number of fused-ring (bicyclic) bond motifs is 1. The molecule has 0 unspecified atom stereocenters. The van der Waals surface area contributed by atoms with Crippen molar-refractivity contribution in [1.29, 1.82) is 0 Å². The lowest BCUT2D eigenvalue weighted by molar-refractivity contribution is 0.0940. The van der Waals surface area contributed by atoms with Crippen molar-refractivity contribution >= 4 is 32.5 Å². The third-order valence-corrected chi connectivity index (χ3v) is 6.80. The van der Waals surface area contributed by atoms with Gasteiger partial charge in [-0.3, -0.25) is 19.2 Å². The highest BCUT2D eigenvalue weighted by Gasteiger charge is 2.21. The summed E-state index contributed by atoms with van der Waals surface area (Å²) in [6.07, 6.45) is 1.54. The summed E-state index contributed by atoms with van der Waals surface area (Å²) in [5.41, 5.74) is 0.00887. The van der Waals surface area contributed by atoms with Gasteiger partial charge in [0.25, 0.3) is 15.9 Å². The lowest BCUT2D eigenvalue weighted by Gasteiger charge is -2.22. The smallest absolute Gasteiger partial charge is 0.261 e. The van der Waals surface area contributed by atoms with E-state index >= 15 is 0 Å². The molecule has 0 aliphatic heterocycles. The Morgan fingerprint density at radius 2 is 1.86 bits per heavy atom. The third-order valence-electron chi connectivity index (χ3n) is 5.42. The normalized spacial score (nSPS) is 12.6. The summed E-state index contributed by atoms with van der Waals surface area (Å²) in [7, 11) is -0.371. The second-order valence-electron chi connectivity index (χ2n) is 8.07. The molecule has 3 N–H and O–H groups in total. The molecule has 9 nitrogen and oxygen atoms in total. The second kappa shape index (κ2) is 9.72. The van der Waals surface area contributed by atoms with Crippen LogP contribution >= 0.6 is 0 Å². The monoisotopic (exact) mass is 498 g/mol. The molecule has 0 bridgehead atoms. The average molecular weight is 499 g/mol. The predicted molar refractivity (Wildman–Crippen MR) is 129 cm³/mol. The van der Waals surface area contributed by atoms with Gasteiger partial charge in [0.15, 0.2) is 0 Å². The SMILES string of the molecule is CN(C)[C@H](CNC(=O)c1cc(=O)[nH]c2ccc(S(=O)(=O)Nc3ccc(F)cc3)cc12)c1ccco1. The van der Waals surface area contributed by atoms with E-state index in [0.29, 0.717) is 11.3 Å². The number of amides is 1. The van der Waals surface area contributed by atoms with Crippen molar-refractivity contribution in [3.8, 4) is 0 Å². The summed E-state index contributed by atoms with van der Waals surface area (Å²) in [4.78, 5) is 29.6. The van der Waals surface area contributed by atoms with E-state index in [9.17, 15) is 22.4 Å². The molecular weight excluding hydrogens is 475 g/mol. The number of furan rings is 1. The number of carbonyl (C=O) groups excluding carboxylic acids is 1. The van der Waals surface area contributed by atoms with Gasteiger partial charge in [0.1, 0.15) is 11.6 Å². The molecule has 1 atom stereocenters. The highest BCUT2D eigenvalue weighted by atomic mass is 32.2. The van der Waals surface area contributed by atoms with E-state index in [-0.39, 0.29) is 34.1 Å². The molecule has 0 aliphatic carbocycles. The number of likely N-dealkylation sites (N-methyl/N-ethyl adjacent to an activating group) is 1. The molecule has 4 rings (SSSR count). The average Bonchev–Trinajstić information content (AvgIpc) is 3.34. The number of hydrogen-bond donors (Lipinski definition) is 3. The van der Waals surface area contributed by atoms with Gasteiger partial charge in [-0.25, -0.2) is 12.8 Å². The van der Waals surface area contributed by atoms with Gasteiger partial charge in [-0.05, 0) is 68.7 Å². The van der Waals surface area contributed by atoms with Crippen LogP contribution in [-0.4, -0.2) is 44.8 Å². The van der Waals surface area contributed by atoms with Crippen molar-refractivity contribution in [2.24, 2.45) is 0 Å². The van der Waals surface area contributed by atoms with Crippen LogP contribution in [0.15, 0.2) is 81.0 Å². The highest BCUT2D eigenvalue weighted by Crippen LogP contribution is 2.23. The van der Waals surface area contributed by atoms with Gasteiger partial charge in [0, 0.05) is 29.2 Å². The Kier molecular flexibility index (Phi) is 6.72. The number of halogens is 1. The van der Waals surface area contributed by atoms with Crippen LogP contribution in [-0.2, 0) is 10.0 Å². The topological polar surface area (TPSA) is 125 Å². The van der Waals surface area contributed by atoms with Gasteiger partial charge in [0.05, 0.1) is 22.8 Å². The van der Waals surface area contributed by atoms with Gasteiger partial charge in [-0.2, -0.15) is 0 Å². The minimum Gasteiger partial charge on any atom is -0.468 e. The number of sulfonamides is 1. The van der Waals surface area contributed by atoms with Crippen molar-refractivity contribution in [2.75, 3.05) is 25.4 Å². The molecule has 0 saturated carbocycles. The Bertz CT molecular complexity index is 1510. The molecule has 2 aromatic carbocycles. The zero-order valence-corrected chi connectivity index (χ0v) is 19.7. The zero-order valence-electron chi connectivity index (χ0n) is 18.9. The van der Waals surface area contributed by atoms with Gasteiger partial charge in [0.2, 0.25) is 5.56 Å². The summed E-state index contributed by atoms with van der Waals surface area (Å²) in [6, 6.07) is 13.3. The molecule has 2 heterocycles. The molecule has 4 aromatic rings. The first kappa shape index (κ1) is 24.2. The Morgan fingerprint density at radius 1 is 1.11 bits per heavy atom. The van der Waals surface area contributed by atoms with Crippen LogP contribution in [0.4, 0.5) is 10.1 Å². The van der Waals surface area contributed by atoms with Crippen molar-refractivity contribution < 1.29 is 22.0 Å². The van der Waals surface area contributed by atoms with Crippen LogP contribution in [0.2, 0.25) is 0 Å². The highest BCUT2D eigenvalue weighted by molar-refractivity contribution is 7.92. The van der Waals surface area contributed by atoms with E-state index in [1.54, 1.807) is 18.4 Å². The number of hydrogen-bond acceptors (Lipinski definition) is 6. The summed E-state index contributed by atoms with van der Waals surface area (Å²) in [5, 5.41) is 3.05. The first-order chi connectivity index (χ1) is 16.6. The van der Waals surface area contributed by atoms with Crippen LogP contribution < -0.4 is 15.6 Å².